The Bertz CT molecular complexity index is 992. The van der Waals surface area contributed by atoms with E-state index in [4.69, 9.17) is 5.41 Å². The molecule has 0 bridgehead atoms. The normalized spacial score (nSPS) is 21.5. The van der Waals surface area contributed by atoms with Crippen LogP contribution in [0.4, 0.5) is 14.5 Å². The summed E-state index contributed by atoms with van der Waals surface area (Å²) in [5, 5.41) is 13.7. The molecule has 9 heteroatoms. The van der Waals surface area contributed by atoms with Crippen LogP contribution in [0.1, 0.15) is 35.9 Å². The number of anilines is 1. The van der Waals surface area contributed by atoms with Gasteiger partial charge in [-0.25, -0.2) is 13.8 Å². The lowest BCUT2D eigenvalue weighted by Gasteiger charge is -2.45. The van der Waals surface area contributed by atoms with Crippen LogP contribution in [0.2, 0.25) is 0 Å². The van der Waals surface area contributed by atoms with Crippen molar-refractivity contribution in [1.82, 2.24) is 10.3 Å². The summed E-state index contributed by atoms with van der Waals surface area (Å²) < 4.78 is 39.7. The van der Waals surface area contributed by atoms with E-state index in [2.05, 4.69) is 15.6 Å². The average Bonchev–Trinajstić information content (AvgIpc) is 2.61. The molecule has 0 saturated carbocycles. The topological polar surface area (TPSA) is 94.9 Å². The minimum Gasteiger partial charge on any atom is -0.365 e. The number of amides is 1. The number of aromatic nitrogens is 1. The third-order valence-corrected chi connectivity index (χ3v) is 8.88. The number of thiol groups is 1. The summed E-state index contributed by atoms with van der Waals surface area (Å²) in [5.74, 6) is -1.36. The van der Waals surface area contributed by atoms with Crippen molar-refractivity contribution in [2.45, 2.75) is 24.6 Å². The molecule has 150 valence electrons. The molecule has 0 spiro atoms. The van der Waals surface area contributed by atoms with E-state index in [1.165, 1.54) is 24.3 Å². The molecule has 1 unspecified atom stereocenters. The van der Waals surface area contributed by atoms with Crippen molar-refractivity contribution in [2.75, 3.05) is 17.3 Å². The number of amidine groups is 1. The quantitative estimate of drug-likeness (QED) is 0.588. The molecule has 2 aromatic rings. The Labute approximate surface area is 162 Å². The van der Waals surface area contributed by atoms with Gasteiger partial charge in [0.2, 0.25) is 0 Å². The lowest BCUT2D eigenvalue weighted by molar-refractivity contribution is 0.102. The van der Waals surface area contributed by atoms with Crippen molar-refractivity contribution in [1.29, 1.82) is 5.41 Å². The van der Waals surface area contributed by atoms with Crippen LogP contribution < -0.4 is 10.6 Å². The molecule has 1 aliphatic rings. The first kappa shape index (κ1) is 20.1. The fraction of sp³-hybridized carbons (Fsp3) is 0.316. The molecule has 1 fully saturated rings. The molecule has 0 aliphatic carbocycles. The minimum atomic E-state index is -2.77. The fourth-order valence-corrected chi connectivity index (χ4v) is 4.96. The first-order chi connectivity index (χ1) is 13.0. The van der Waals surface area contributed by atoms with Crippen molar-refractivity contribution in [3.8, 4) is 0 Å². The van der Waals surface area contributed by atoms with Crippen LogP contribution in [0.5, 0.6) is 0 Å². The Balaban J connectivity index is 1.86. The Kier molecular flexibility index (Phi) is 5.05. The molecular weight excluding hydrogens is 386 g/mol. The molecule has 2 heterocycles. The maximum atomic E-state index is 14.5. The Hall–Kier alpha value is -2.68. The number of hydrogen-bond donors (Lipinski definition) is 4. The molecule has 1 aromatic carbocycles. The van der Waals surface area contributed by atoms with Gasteiger partial charge in [0.15, 0.2) is 0 Å². The second kappa shape index (κ2) is 7.05. The van der Waals surface area contributed by atoms with Crippen LogP contribution in [0.15, 0.2) is 36.5 Å². The minimum absolute atomic E-state index is 0.0182. The number of rotatable bonds is 3. The van der Waals surface area contributed by atoms with Gasteiger partial charge >= 0.3 is 0 Å². The Morgan fingerprint density at radius 3 is 2.64 bits per heavy atom. The predicted octanol–water partition coefficient (Wildman–Crippen LogP) is 2.66. The van der Waals surface area contributed by atoms with Gasteiger partial charge in [-0.15, -0.1) is 0 Å². The second-order valence-corrected chi connectivity index (χ2v) is 11.2. The SMILES string of the molecule is CC1(C)C(=N)NC(c2cc(NC(=O)c3ccc(F)cn3)ccc2F)C[SH]1(C)=O. The molecular formula is C19H22F2N4O2S. The summed E-state index contributed by atoms with van der Waals surface area (Å²) >= 11 is 0. The maximum absolute atomic E-state index is 14.5. The number of pyridine rings is 1. The molecule has 3 N–H and O–H groups in total. The van der Waals surface area contributed by atoms with E-state index in [9.17, 15) is 17.8 Å². The summed E-state index contributed by atoms with van der Waals surface area (Å²) in [4.78, 5) is 16.0. The first-order valence-corrected chi connectivity index (χ1v) is 11.0. The van der Waals surface area contributed by atoms with Gasteiger partial charge in [0.1, 0.15) is 23.2 Å². The molecule has 0 radical (unpaired) electrons. The Morgan fingerprint density at radius 2 is 2.04 bits per heavy atom. The van der Waals surface area contributed by atoms with Crippen LogP contribution in [0, 0.1) is 17.0 Å². The van der Waals surface area contributed by atoms with E-state index in [0.717, 1.165) is 12.3 Å². The van der Waals surface area contributed by atoms with Gasteiger partial charge in [0.25, 0.3) is 5.91 Å². The van der Waals surface area contributed by atoms with E-state index in [1.807, 2.05) is 0 Å². The van der Waals surface area contributed by atoms with E-state index in [-0.39, 0.29) is 22.8 Å². The smallest absolute Gasteiger partial charge is 0.274 e. The summed E-state index contributed by atoms with van der Waals surface area (Å²) in [7, 11) is -2.77. The van der Waals surface area contributed by atoms with Gasteiger partial charge in [0.05, 0.1) is 17.0 Å². The highest BCUT2D eigenvalue weighted by Crippen LogP contribution is 2.34. The summed E-state index contributed by atoms with van der Waals surface area (Å²) in [6.45, 7) is 3.48. The lowest BCUT2D eigenvalue weighted by Crippen LogP contribution is -2.59. The molecule has 28 heavy (non-hydrogen) atoms. The van der Waals surface area contributed by atoms with E-state index < -0.39 is 38.3 Å². The van der Waals surface area contributed by atoms with Gasteiger partial charge in [-0.1, -0.05) is 9.93 Å². The first-order valence-electron chi connectivity index (χ1n) is 8.66. The number of nitrogens with zero attached hydrogens (tertiary/aromatic N) is 1. The number of carbonyl (C=O) groups is 1. The standard InChI is InChI=1S/C19H22F2N4O2S/c1-19(2)18(22)25-16(10-28(19,3)27)13-8-12(5-6-14(13)21)24-17(26)15-7-4-11(20)9-23-15/h4-9,16,28H,10H2,1-3H3,(H2,22,25)(H,24,26). The summed E-state index contributed by atoms with van der Waals surface area (Å²) in [6.07, 6.45) is 2.56. The fourth-order valence-electron chi connectivity index (χ4n) is 2.98. The molecule has 1 atom stereocenters. The van der Waals surface area contributed by atoms with Crippen LogP contribution in [-0.4, -0.2) is 37.7 Å². The highest BCUT2D eigenvalue weighted by Gasteiger charge is 2.43. The van der Waals surface area contributed by atoms with Crippen LogP contribution >= 0.6 is 0 Å². The van der Waals surface area contributed by atoms with Crippen molar-refractivity contribution >= 4 is 27.4 Å². The molecule has 1 aliphatic heterocycles. The highest BCUT2D eigenvalue weighted by atomic mass is 32.2. The summed E-state index contributed by atoms with van der Waals surface area (Å²) in [6, 6.07) is 5.76. The number of hydrogen-bond acceptors (Lipinski definition) is 4. The van der Waals surface area contributed by atoms with Crippen molar-refractivity contribution in [2.24, 2.45) is 0 Å². The zero-order chi connectivity index (χ0) is 20.7. The highest BCUT2D eigenvalue weighted by molar-refractivity contribution is 8.04. The van der Waals surface area contributed by atoms with Gasteiger partial charge in [-0.2, -0.15) is 0 Å². The molecule has 6 nitrogen and oxygen atoms in total. The maximum Gasteiger partial charge on any atom is 0.274 e. The van der Waals surface area contributed by atoms with E-state index in [1.54, 1.807) is 20.1 Å². The van der Waals surface area contributed by atoms with Crippen LogP contribution in [-0.2, 0) is 9.93 Å². The number of benzene rings is 1. The zero-order valence-corrected chi connectivity index (χ0v) is 16.6. The molecule has 1 aromatic heterocycles. The monoisotopic (exact) mass is 408 g/mol. The lowest BCUT2D eigenvalue weighted by atomic mass is 10.0. The van der Waals surface area contributed by atoms with Crippen molar-refractivity contribution < 1.29 is 17.8 Å². The van der Waals surface area contributed by atoms with Crippen LogP contribution in [0.25, 0.3) is 0 Å². The van der Waals surface area contributed by atoms with Crippen LogP contribution in [0.3, 0.4) is 0 Å². The van der Waals surface area contributed by atoms with E-state index in [0.29, 0.717) is 5.69 Å². The predicted molar refractivity (Wildman–Crippen MR) is 107 cm³/mol. The van der Waals surface area contributed by atoms with Gasteiger partial charge in [0, 0.05) is 17.0 Å². The van der Waals surface area contributed by atoms with E-state index >= 15 is 0 Å². The Morgan fingerprint density at radius 1 is 1.32 bits per heavy atom. The molecule has 1 amide bonds. The summed E-state index contributed by atoms with van der Waals surface area (Å²) in [5.41, 5.74) is 0.550. The molecule has 1 saturated heterocycles. The second-order valence-electron chi connectivity index (χ2n) is 7.47. The number of halogens is 2. The molecule has 3 rings (SSSR count). The third-order valence-electron chi connectivity index (χ3n) is 5.23. The van der Waals surface area contributed by atoms with Crippen molar-refractivity contribution in [3.63, 3.8) is 0 Å². The van der Waals surface area contributed by atoms with Gasteiger partial charge in [-0.05, 0) is 50.4 Å². The third kappa shape index (κ3) is 3.66. The van der Waals surface area contributed by atoms with Crippen molar-refractivity contribution in [3.05, 3.63) is 59.4 Å². The number of nitrogens with one attached hydrogen (secondary N) is 3. The zero-order valence-electron chi connectivity index (χ0n) is 15.7. The largest absolute Gasteiger partial charge is 0.365 e. The van der Waals surface area contributed by atoms with Gasteiger partial charge < -0.3 is 10.6 Å². The van der Waals surface area contributed by atoms with Gasteiger partial charge in [-0.3, -0.25) is 14.4 Å². The number of carbonyl (C=O) groups excluding carboxylic acids is 1. The average molecular weight is 408 g/mol.